The summed E-state index contributed by atoms with van der Waals surface area (Å²) in [5.74, 6) is -0.727. The van der Waals surface area contributed by atoms with Crippen LogP contribution in [0.2, 0.25) is 0 Å². The lowest BCUT2D eigenvalue weighted by atomic mass is 9.98. The molecule has 10 heteroatoms. The van der Waals surface area contributed by atoms with Crippen molar-refractivity contribution in [1.29, 1.82) is 0 Å². The number of nitrogens with zero attached hydrogens (tertiary/aromatic N) is 1. The van der Waals surface area contributed by atoms with Crippen molar-refractivity contribution in [2.24, 2.45) is 5.92 Å². The Morgan fingerprint density at radius 1 is 1.16 bits per heavy atom. The van der Waals surface area contributed by atoms with E-state index in [9.17, 15) is 18.0 Å². The predicted octanol–water partition coefficient (Wildman–Crippen LogP) is 3.31. The van der Waals surface area contributed by atoms with Gasteiger partial charge in [0.05, 0.1) is 12.2 Å². The summed E-state index contributed by atoms with van der Waals surface area (Å²) in [7, 11) is -3.56. The second-order valence-electron chi connectivity index (χ2n) is 7.48. The average Bonchev–Trinajstić information content (AvgIpc) is 3.53. The Kier molecular flexibility index (Phi) is 6.73. The van der Waals surface area contributed by atoms with Gasteiger partial charge in [-0.2, -0.15) is 4.31 Å². The van der Waals surface area contributed by atoms with E-state index in [1.807, 2.05) is 6.07 Å². The first kappa shape index (κ1) is 22.3. The van der Waals surface area contributed by atoms with Crippen molar-refractivity contribution in [1.82, 2.24) is 9.62 Å². The van der Waals surface area contributed by atoms with Crippen LogP contribution in [0.1, 0.15) is 29.0 Å². The fourth-order valence-electron chi connectivity index (χ4n) is 3.61. The molecule has 2 amide bonds. The fourth-order valence-corrected chi connectivity index (χ4v) is 6.27. The normalized spacial score (nSPS) is 17.1. The summed E-state index contributed by atoms with van der Waals surface area (Å²) >= 11 is 1.18. The molecule has 32 heavy (non-hydrogen) atoms. The van der Waals surface area contributed by atoms with E-state index in [2.05, 4.69) is 10.6 Å². The van der Waals surface area contributed by atoms with Crippen molar-refractivity contribution < 1.29 is 22.4 Å². The molecule has 2 N–H and O–H groups in total. The lowest BCUT2D eigenvalue weighted by molar-refractivity contribution is -0.126. The van der Waals surface area contributed by atoms with Gasteiger partial charge in [0.25, 0.3) is 15.9 Å². The molecule has 8 nitrogen and oxygen atoms in total. The van der Waals surface area contributed by atoms with Crippen LogP contribution in [0.3, 0.4) is 0 Å². The maximum Gasteiger partial charge on any atom is 0.291 e. The van der Waals surface area contributed by atoms with Crippen LogP contribution >= 0.6 is 11.3 Å². The van der Waals surface area contributed by atoms with Gasteiger partial charge in [-0.15, -0.1) is 11.3 Å². The van der Waals surface area contributed by atoms with Gasteiger partial charge in [-0.3, -0.25) is 9.59 Å². The van der Waals surface area contributed by atoms with Gasteiger partial charge >= 0.3 is 0 Å². The summed E-state index contributed by atoms with van der Waals surface area (Å²) in [6.45, 7) is 0.865. The summed E-state index contributed by atoms with van der Waals surface area (Å²) in [4.78, 5) is 24.9. The zero-order chi connectivity index (χ0) is 22.6. The Labute approximate surface area is 190 Å². The number of carbonyl (C=O) groups is 2. The molecule has 0 spiro atoms. The Hall–Kier alpha value is -2.95. The largest absolute Gasteiger partial charge is 0.459 e. The van der Waals surface area contributed by atoms with Gasteiger partial charge in [0.15, 0.2) is 5.76 Å². The van der Waals surface area contributed by atoms with Gasteiger partial charge in [-0.1, -0.05) is 18.2 Å². The minimum Gasteiger partial charge on any atom is -0.459 e. The topological polar surface area (TPSA) is 109 Å². The van der Waals surface area contributed by atoms with E-state index in [4.69, 9.17) is 4.42 Å². The third kappa shape index (κ3) is 5.09. The van der Waals surface area contributed by atoms with Crippen molar-refractivity contribution in [2.75, 3.05) is 18.4 Å². The number of carbonyl (C=O) groups excluding carboxylic acids is 2. The Bertz CT molecular complexity index is 1170. The van der Waals surface area contributed by atoms with Crippen molar-refractivity contribution in [3.8, 4) is 0 Å². The van der Waals surface area contributed by atoms with Gasteiger partial charge in [-0.05, 0) is 54.1 Å². The van der Waals surface area contributed by atoms with Crippen LogP contribution in [0.15, 0.2) is 68.8 Å². The zero-order valence-electron chi connectivity index (χ0n) is 17.2. The second-order valence-corrected chi connectivity index (χ2v) is 10.6. The molecule has 1 aliphatic heterocycles. The summed E-state index contributed by atoms with van der Waals surface area (Å²) < 4.78 is 32.3. The van der Waals surface area contributed by atoms with Crippen LogP contribution < -0.4 is 10.6 Å². The molecule has 1 atom stereocenters. The molecule has 168 valence electrons. The van der Waals surface area contributed by atoms with Gasteiger partial charge < -0.3 is 15.1 Å². The van der Waals surface area contributed by atoms with Crippen molar-refractivity contribution in [3.05, 3.63) is 71.5 Å². The molecule has 1 aliphatic rings. The first-order valence-corrected chi connectivity index (χ1v) is 12.5. The van der Waals surface area contributed by atoms with Crippen LogP contribution in [-0.4, -0.2) is 37.6 Å². The highest BCUT2D eigenvalue weighted by Gasteiger charge is 2.33. The van der Waals surface area contributed by atoms with Gasteiger partial charge in [-0.25, -0.2) is 8.42 Å². The van der Waals surface area contributed by atoms with E-state index < -0.39 is 15.9 Å². The number of furan rings is 1. The maximum absolute atomic E-state index is 12.8. The van der Waals surface area contributed by atoms with Gasteiger partial charge in [0.2, 0.25) is 5.91 Å². The van der Waals surface area contributed by atoms with Crippen molar-refractivity contribution >= 4 is 38.9 Å². The molecule has 1 saturated heterocycles. The smallest absolute Gasteiger partial charge is 0.291 e. The molecular weight excluding hydrogens is 450 g/mol. The van der Waals surface area contributed by atoms with E-state index in [0.717, 1.165) is 5.56 Å². The number of sulfonamides is 1. The molecule has 4 rings (SSSR count). The zero-order valence-corrected chi connectivity index (χ0v) is 18.8. The van der Waals surface area contributed by atoms with Crippen LogP contribution in [0, 0.1) is 5.92 Å². The van der Waals surface area contributed by atoms with E-state index in [1.165, 1.54) is 21.9 Å². The molecule has 3 aromatic rings. The average molecular weight is 474 g/mol. The first-order valence-electron chi connectivity index (χ1n) is 10.2. The van der Waals surface area contributed by atoms with E-state index in [0.29, 0.717) is 29.3 Å². The number of rotatable bonds is 7. The van der Waals surface area contributed by atoms with Crippen LogP contribution in [0.4, 0.5) is 5.69 Å². The molecule has 0 bridgehead atoms. The number of benzene rings is 1. The number of thiophene rings is 1. The fraction of sp³-hybridized carbons (Fsp3) is 0.273. The monoisotopic (exact) mass is 473 g/mol. The van der Waals surface area contributed by atoms with Crippen molar-refractivity contribution in [2.45, 2.75) is 23.6 Å². The summed E-state index contributed by atoms with van der Waals surface area (Å²) in [6, 6.07) is 13.7. The molecule has 0 saturated carbocycles. The lowest BCUT2D eigenvalue weighted by Gasteiger charge is -2.30. The highest BCUT2D eigenvalue weighted by atomic mass is 32.2. The maximum atomic E-state index is 12.8. The highest BCUT2D eigenvalue weighted by molar-refractivity contribution is 7.91. The third-order valence-electron chi connectivity index (χ3n) is 5.24. The van der Waals surface area contributed by atoms with Crippen molar-refractivity contribution in [3.63, 3.8) is 0 Å². The minimum atomic E-state index is -3.56. The molecule has 0 aliphatic carbocycles. The number of hydrogen-bond acceptors (Lipinski definition) is 6. The van der Waals surface area contributed by atoms with E-state index in [-0.39, 0.29) is 30.7 Å². The Morgan fingerprint density at radius 2 is 2.03 bits per heavy atom. The molecule has 2 aromatic heterocycles. The van der Waals surface area contributed by atoms with E-state index >= 15 is 0 Å². The Balaban J connectivity index is 1.34. The standard InChI is InChI=1S/C22H23N3O5S2/c26-21(17-6-2-10-25(15-17)32(28,29)20-9-4-12-31-20)23-14-16-5-1-7-18(13-16)24-22(27)19-8-3-11-30-19/h1,3-5,7-9,11-13,17H,2,6,10,14-15H2,(H,23,26)(H,24,27). The summed E-state index contributed by atoms with van der Waals surface area (Å²) in [6.07, 6.45) is 2.71. The van der Waals surface area contributed by atoms with Gasteiger partial charge in [0.1, 0.15) is 4.21 Å². The number of hydrogen-bond donors (Lipinski definition) is 2. The Morgan fingerprint density at radius 3 is 2.78 bits per heavy atom. The number of anilines is 1. The third-order valence-corrected chi connectivity index (χ3v) is 8.48. The molecule has 1 fully saturated rings. The minimum absolute atomic E-state index is 0.172. The summed E-state index contributed by atoms with van der Waals surface area (Å²) in [5, 5.41) is 7.38. The number of amides is 2. The number of nitrogens with one attached hydrogen (secondary N) is 2. The molecule has 1 unspecified atom stereocenters. The lowest BCUT2D eigenvalue weighted by Crippen LogP contribution is -2.45. The second kappa shape index (κ2) is 9.68. The predicted molar refractivity (Wildman–Crippen MR) is 121 cm³/mol. The number of piperidine rings is 1. The van der Waals surface area contributed by atoms with Crippen LogP contribution in [-0.2, 0) is 21.4 Å². The van der Waals surface area contributed by atoms with Crippen LogP contribution in [0.25, 0.3) is 0 Å². The van der Waals surface area contributed by atoms with Crippen LogP contribution in [0.5, 0.6) is 0 Å². The van der Waals surface area contributed by atoms with E-state index in [1.54, 1.807) is 47.8 Å². The quantitative estimate of drug-likeness (QED) is 0.547. The SMILES string of the molecule is O=C(Nc1cccc(CNC(=O)C2CCCN(S(=O)(=O)c3cccs3)C2)c1)c1ccco1. The van der Waals surface area contributed by atoms with Gasteiger partial charge in [0, 0.05) is 25.3 Å². The molecule has 3 heterocycles. The summed E-state index contributed by atoms with van der Waals surface area (Å²) in [5.41, 5.74) is 1.40. The molecule has 0 radical (unpaired) electrons. The molecular formula is C22H23N3O5S2. The first-order chi connectivity index (χ1) is 15.4. The highest BCUT2D eigenvalue weighted by Crippen LogP contribution is 2.26. The molecule has 1 aromatic carbocycles.